The Labute approximate surface area is 148 Å². The molecule has 0 radical (unpaired) electrons. The predicted octanol–water partition coefficient (Wildman–Crippen LogP) is 3.85. The molecular weight excluding hydrogens is 348 g/mol. The number of amides is 1. The molecule has 1 saturated heterocycles. The van der Waals surface area contributed by atoms with Crippen LogP contribution in [0.3, 0.4) is 0 Å². The molecule has 7 heteroatoms. The minimum atomic E-state index is -1.14. The Hall–Kier alpha value is -1.92. The van der Waals surface area contributed by atoms with Crippen molar-refractivity contribution in [2.75, 3.05) is 6.54 Å². The maximum Gasteiger partial charge on any atom is 0.329 e. The number of hydrogen-bond acceptors (Lipinski definition) is 4. The van der Waals surface area contributed by atoms with Gasteiger partial charge in [0.15, 0.2) is 0 Å². The van der Waals surface area contributed by atoms with Gasteiger partial charge in [0.1, 0.15) is 15.4 Å². The smallest absolute Gasteiger partial charge is 0.329 e. The molecule has 1 aliphatic heterocycles. The average molecular weight is 365 g/mol. The number of aromatic nitrogens is 1. The Morgan fingerprint density at radius 1 is 1.33 bits per heavy atom. The van der Waals surface area contributed by atoms with E-state index >= 15 is 0 Å². The summed E-state index contributed by atoms with van der Waals surface area (Å²) in [5, 5.41) is 10.9. The minimum absolute atomic E-state index is 0.257. The van der Waals surface area contributed by atoms with E-state index in [1.165, 1.54) is 16.2 Å². The lowest BCUT2D eigenvalue weighted by atomic mass is 9.99. The van der Waals surface area contributed by atoms with Crippen LogP contribution in [0.25, 0.3) is 10.6 Å². The van der Waals surface area contributed by atoms with Crippen LogP contribution in [0.15, 0.2) is 24.3 Å². The van der Waals surface area contributed by atoms with E-state index in [9.17, 15) is 14.7 Å². The number of hydrogen-bond donors (Lipinski definition) is 1. The van der Waals surface area contributed by atoms with Gasteiger partial charge in [0.2, 0.25) is 0 Å². The van der Waals surface area contributed by atoms with Crippen molar-refractivity contribution < 1.29 is 14.7 Å². The molecule has 0 aliphatic carbocycles. The zero-order valence-corrected chi connectivity index (χ0v) is 14.9. The van der Waals surface area contributed by atoms with E-state index in [1.54, 1.807) is 26.0 Å². The number of likely N-dealkylation sites (tertiary alicyclic amines) is 1. The lowest BCUT2D eigenvalue weighted by Crippen LogP contribution is -2.50. The Bertz CT molecular complexity index is 803. The fraction of sp³-hybridized carbons (Fsp3) is 0.353. The first kappa shape index (κ1) is 16.9. The summed E-state index contributed by atoms with van der Waals surface area (Å²) in [5.41, 5.74) is 0.358. The number of carbonyl (C=O) groups excluding carboxylic acids is 1. The van der Waals surface area contributed by atoms with Crippen molar-refractivity contribution in [1.29, 1.82) is 0 Å². The van der Waals surface area contributed by atoms with Gasteiger partial charge in [-0.3, -0.25) is 4.79 Å². The first-order chi connectivity index (χ1) is 11.3. The van der Waals surface area contributed by atoms with Crippen molar-refractivity contribution >= 4 is 34.8 Å². The summed E-state index contributed by atoms with van der Waals surface area (Å²) in [4.78, 5) is 30.9. The molecule has 0 bridgehead atoms. The Morgan fingerprint density at radius 2 is 2.00 bits per heavy atom. The lowest BCUT2D eigenvalue weighted by molar-refractivity contribution is -0.147. The third kappa shape index (κ3) is 2.80. The summed E-state index contributed by atoms with van der Waals surface area (Å²) < 4.78 is 0. The van der Waals surface area contributed by atoms with Gasteiger partial charge in [-0.1, -0.05) is 23.7 Å². The summed E-state index contributed by atoms with van der Waals surface area (Å²) in [6.45, 7) is 3.84. The molecule has 1 unspecified atom stereocenters. The summed E-state index contributed by atoms with van der Waals surface area (Å²) >= 11 is 7.19. The average Bonchev–Trinajstić information content (AvgIpc) is 3.12. The molecule has 1 amide bonds. The molecule has 3 rings (SSSR count). The van der Waals surface area contributed by atoms with Crippen LogP contribution in [0.4, 0.5) is 0 Å². The van der Waals surface area contributed by atoms with E-state index < -0.39 is 11.5 Å². The van der Waals surface area contributed by atoms with Gasteiger partial charge in [-0.2, -0.15) is 0 Å². The van der Waals surface area contributed by atoms with E-state index in [2.05, 4.69) is 4.98 Å². The Kier molecular flexibility index (Phi) is 4.36. The van der Waals surface area contributed by atoms with E-state index in [1.807, 2.05) is 12.1 Å². The summed E-state index contributed by atoms with van der Waals surface area (Å²) in [6.07, 6.45) is 1.16. The van der Waals surface area contributed by atoms with Crippen LogP contribution in [0.5, 0.6) is 0 Å². The molecule has 1 aromatic carbocycles. The van der Waals surface area contributed by atoms with Crippen LogP contribution in [0, 0.1) is 6.92 Å². The Balaban J connectivity index is 1.94. The van der Waals surface area contributed by atoms with Crippen molar-refractivity contribution in [2.45, 2.75) is 32.2 Å². The first-order valence-corrected chi connectivity index (χ1v) is 8.81. The second kappa shape index (κ2) is 6.18. The molecule has 1 fully saturated rings. The maximum atomic E-state index is 12.9. The molecule has 5 nitrogen and oxygen atoms in total. The van der Waals surface area contributed by atoms with Gasteiger partial charge < -0.3 is 10.0 Å². The summed E-state index contributed by atoms with van der Waals surface area (Å²) in [6, 6.07) is 7.26. The summed E-state index contributed by atoms with van der Waals surface area (Å²) in [5.74, 6) is -1.22. The second-order valence-corrected chi connectivity index (χ2v) is 7.52. The van der Waals surface area contributed by atoms with Crippen molar-refractivity contribution in [3.63, 3.8) is 0 Å². The van der Waals surface area contributed by atoms with Crippen LogP contribution < -0.4 is 0 Å². The molecule has 2 heterocycles. The highest BCUT2D eigenvalue weighted by molar-refractivity contribution is 7.17. The number of aliphatic carboxylic acids is 1. The standard InChI is InChI=1S/C17H17ClN2O3S/c1-10-13(15(21)20-9-3-8-17(20,2)16(22)23)24-14(19-10)11-4-6-12(18)7-5-11/h4-7H,3,8-9H2,1-2H3,(H,22,23). The largest absolute Gasteiger partial charge is 0.480 e. The van der Waals surface area contributed by atoms with Crippen molar-refractivity contribution in [1.82, 2.24) is 9.88 Å². The Morgan fingerprint density at radius 3 is 2.62 bits per heavy atom. The first-order valence-electron chi connectivity index (χ1n) is 7.61. The molecular formula is C17H17ClN2O3S. The van der Waals surface area contributed by atoms with Crippen molar-refractivity contribution in [2.24, 2.45) is 0 Å². The second-order valence-electron chi connectivity index (χ2n) is 6.08. The third-order valence-electron chi connectivity index (χ3n) is 4.43. The fourth-order valence-electron chi connectivity index (χ4n) is 2.94. The van der Waals surface area contributed by atoms with Gasteiger partial charge in [-0.05, 0) is 38.8 Å². The highest BCUT2D eigenvalue weighted by Crippen LogP contribution is 2.35. The molecule has 1 aromatic heterocycles. The van der Waals surface area contributed by atoms with Gasteiger partial charge in [-0.25, -0.2) is 9.78 Å². The van der Waals surface area contributed by atoms with Crippen LogP contribution in [-0.4, -0.2) is 39.0 Å². The molecule has 126 valence electrons. The minimum Gasteiger partial charge on any atom is -0.480 e. The van der Waals surface area contributed by atoms with Crippen LogP contribution in [0.1, 0.15) is 35.1 Å². The van der Waals surface area contributed by atoms with Gasteiger partial charge in [0.05, 0.1) is 5.69 Å². The van der Waals surface area contributed by atoms with Gasteiger partial charge >= 0.3 is 5.97 Å². The molecule has 2 aromatic rings. The number of benzene rings is 1. The fourth-order valence-corrected chi connectivity index (χ4v) is 4.09. The molecule has 1 atom stereocenters. The number of nitrogens with zero attached hydrogens (tertiary/aromatic N) is 2. The zero-order chi connectivity index (χ0) is 17.5. The predicted molar refractivity (Wildman–Crippen MR) is 93.6 cm³/mol. The van der Waals surface area contributed by atoms with Crippen LogP contribution in [-0.2, 0) is 4.79 Å². The SMILES string of the molecule is Cc1nc(-c2ccc(Cl)cc2)sc1C(=O)N1CCCC1(C)C(=O)O. The number of halogens is 1. The quantitative estimate of drug-likeness (QED) is 0.897. The monoisotopic (exact) mass is 364 g/mol. The topological polar surface area (TPSA) is 70.5 Å². The van der Waals surface area contributed by atoms with Crippen molar-refractivity contribution in [3.05, 3.63) is 39.9 Å². The zero-order valence-electron chi connectivity index (χ0n) is 13.4. The third-order valence-corrected chi connectivity index (χ3v) is 5.88. The number of carbonyl (C=O) groups is 2. The number of rotatable bonds is 3. The number of carboxylic acids is 1. The van der Waals surface area contributed by atoms with Gasteiger partial charge in [-0.15, -0.1) is 11.3 Å². The molecule has 1 N–H and O–H groups in total. The number of thiazole rings is 1. The number of aryl methyl sites for hydroxylation is 1. The van der Waals surface area contributed by atoms with Crippen LogP contribution >= 0.6 is 22.9 Å². The van der Waals surface area contributed by atoms with Gasteiger partial charge in [0.25, 0.3) is 5.91 Å². The summed E-state index contributed by atoms with van der Waals surface area (Å²) in [7, 11) is 0. The van der Waals surface area contributed by atoms with Crippen molar-refractivity contribution in [3.8, 4) is 10.6 Å². The van der Waals surface area contributed by atoms with E-state index in [0.717, 1.165) is 10.6 Å². The highest BCUT2D eigenvalue weighted by Gasteiger charge is 2.46. The molecule has 0 saturated carbocycles. The van der Waals surface area contributed by atoms with Gasteiger partial charge in [0, 0.05) is 17.1 Å². The molecule has 1 aliphatic rings. The number of carboxylic acid groups (broad SMARTS) is 1. The maximum absolute atomic E-state index is 12.9. The molecule has 0 spiro atoms. The highest BCUT2D eigenvalue weighted by atomic mass is 35.5. The van der Waals surface area contributed by atoms with Crippen LogP contribution in [0.2, 0.25) is 5.02 Å². The molecule has 24 heavy (non-hydrogen) atoms. The van der Waals surface area contributed by atoms with E-state index in [-0.39, 0.29) is 5.91 Å². The normalized spacial score (nSPS) is 20.4. The lowest BCUT2D eigenvalue weighted by Gasteiger charge is -2.30. The van der Waals surface area contributed by atoms with E-state index in [0.29, 0.717) is 35.0 Å². The van der Waals surface area contributed by atoms with E-state index in [4.69, 9.17) is 11.6 Å².